The molecule has 0 radical (unpaired) electrons. The molecule has 2 heterocycles. The number of hydrogen-bond donors (Lipinski definition) is 2. The number of aromatic nitrogens is 2. The van der Waals surface area contributed by atoms with Crippen LogP contribution in [0.1, 0.15) is 49.6 Å². The number of aromatic hydroxyl groups is 1. The first kappa shape index (κ1) is 18.9. The molecule has 0 amide bonds. The fourth-order valence-corrected chi connectivity index (χ4v) is 5.06. The van der Waals surface area contributed by atoms with Crippen molar-refractivity contribution in [2.75, 3.05) is 5.43 Å². The number of fused-ring (bicyclic) bond motifs is 3. The predicted octanol–water partition coefficient (Wildman–Crippen LogP) is 5.38. The van der Waals surface area contributed by atoms with Gasteiger partial charge in [-0.2, -0.15) is 5.10 Å². The number of hydrogen-bond acceptors (Lipinski definition) is 6. The molecule has 2 N–H and O–H groups in total. The molecule has 0 bridgehead atoms. The van der Waals surface area contributed by atoms with Gasteiger partial charge in [-0.1, -0.05) is 27.2 Å². The van der Waals surface area contributed by atoms with Crippen LogP contribution in [0.15, 0.2) is 35.7 Å². The van der Waals surface area contributed by atoms with Gasteiger partial charge >= 0.3 is 0 Å². The Hall–Kier alpha value is -2.47. The highest BCUT2D eigenvalue weighted by molar-refractivity contribution is 7.19. The van der Waals surface area contributed by atoms with E-state index in [1.807, 2.05) is 12.1 Å². The molecule has 0 saturated heterocycles. The van der Waals surface area contributed by atoms with Crippen LogP contribution in [-0.4, -0.2) is 21.3 Å². The average molecular weight is 395 g/mol. The van der Waals surface area contributed by atoms with Crippen molar-refractivity contribution >= 4 is 33.6 Å². The number of nitrogens with one attached hydrogen (secondary N) is 1. The number of phenolic OH excluding ortho intramolecular Hbond substituents is 1. The van der Waals surface area contributed by atoms with E-state index in [4.69, 9.17) is 0 Å². The Morgan fingerprint density at radius 2 is 2.07 bits per heavy atom. The number of rotatable bonds is 5. The van der Waals surface area contributed by atoms with Crippen molar-refractivity contribution in [2.24, 2.45) is 16.4 Å². The van der Waals surface area contributed by atoms with Crippen molar-refractivity contribution in [3.63, 3.8) is 0 Å². The van der Waals surface area contributed by atoms with Gasteiger partial charge < -0.3 is 5.11 Å². The Bertz CT molecular complexity index is 1010. The van der Waals surface area contributed by atoms with Gasteiger partial charge in [-0.3, -0.25) is 5.43 Å². The van der Waals surface area contributed by atoms with Gasteiger partial charge in [0.1, 0.15) is 16.9 Å². The van der Waals surface area contributed by atoms with Gasteiger partial charge in [-0.15, -0.1) is 11.3 Å². The summed E-state index contributed by atoms with van der Waals surface area (Å²) in [4.78, 5) is 11.5. The maximum atomic E-state index is 9.39. The van der Waals surface area contributed by atoms with Crippen LogP contribution in [-0.2, 0) is 12.8 Å². The maximum Gasteiger partial charge on any atom is 0.158 e. The van der Waals surface area contributed by atoms with E-state index in [9.17, 15) is 5.11 Å². The molecule has 2 aromatic heterocycles. The Labute approximate surface area is 169 Å². The highest BCUT2D eigenvalue weighted by atomic mass is 32.1. The summed E-state index contributed by atoms with van der Waals surface area (Å²) < 4.78 is 0. The fraction of sp³-hybridized carbons (Fsp3) is 0.409. The van der Waals surface area contributed by atoms with Gasteiger partial charge in [0.05, 0.1) is 11.6 Å². The average Bonchev–Trinajstić information content (AvgIpc) is 3.08. The van der Waals surface area contributed by atoms with Crippen molar-refractivity contribution < 1.29 is 5.11 Å². The number of benzene rings is 1. The van der Waals surface area contributed by atoms with E-state index < -0.39 is 0 Å². The number of nitrogens with zero attached hydrogens (tertiary/aromatic N) is 3. The zero-order valence-corrected chi connectivity index (χ0v) is 17.4. The zero-order valence-electron chi connectivity index (χ0n) is 16.6. The summed E-state index contributed by atoms with van der Waals surface area (Å²) in [5.41, 5.74) is 5.77. The van der Waals surface area contributed by atoms with Crippen LogP contribution in [0.5, 0.6) is 5.75 Å². The van der Waals surface area contributed by atoms with E-state index in [-0.39, 0.29) is 5.75 Å². The second-order valence-corrected chi connectivity index (χ2v) is 9.23. The third-order valence-electron chi connectivity index (χ3n) is 6.13. The molecule has 146 valence electrons. The van der Waals surface area contributed by atoms with Gasteiger partial charge in [0, 0.05) is 4.88 Å². The van der Waals surface area contributed by atoms with Crippen LogP contribution in [0.25, 0.3) is 10.2 Å². The van der Waals surface area contributed by atoms with Crippen molar-refractivity contribution in [1.29, 1.82) is 0 Å². The topological polar surface area (TPSA) is 70.4 Å². The van der Waals surface area contributed by atoms with Gasteiger partial charge in [-0.25, -0.2) is 9.97 Å². The van der Waals surface area contributed by atoms with Crippen LogP contribution in [0.2, 0.25) is 0 Å². The number of phenols is 1. The third kappa shape index (κ3) is 3.61. The summed E-state index contributed by atoms with van der Waals surface area (Å²) in [6.45, 7) is 7.05. The lowest BCUT2D eigenvalue weighted by molar-refractivity contribution is 0.184. The predicted molar refractivity (Wildman–Crippen MR) is 116 cm³/mol. The molecule has 4 rings (SSSR count). The molecule has 0 spiro atoms. The second-order valence-electron chi connectivity index (χ2n) is 8.15. The number of anilines is 1. The Morgan fingerprint density at radius 3 is 2.82 bits per heavy atom. The summed E-state index contributed by atoms with van der Waals surface area (Å²) in [5.74, 6) is 1.70. The van der Waals surface area contributed by atoms with Crippen molar-refractivity contribution in [2.45, 2.75) is 46.5 Å². The summed E-state index contributed by atoms with van der Waals surface area (Å²) in [6, 6.07) is 6.93. The van der Waals surface area contributed by atoms with Crippen LogP contribution >= 0.6 is 11.3 Å². The largest absolute Gasteiger partial charge is 0.508 e. The molecule has 1 aliphatic carbocycles. The molecule has 0 aliphatic heterocycles. The molecule has 1 atom stereocenters. The van der Waals surface area contributed by atoms with Crippen LogP contribution in [0.3, 0.4) is 0 Å². The summed E-state index contributed by atoms with van der Waals surface area (Å²) in [6.07, 6.45) is 7.98. The van der Waals surface area contributed by atoms with Crippen LogP contribution < -0.4 is 5.43 Å². The fourth-order valence-electron chi connectivity index (χ4n) is 3.88. The first-order chi connectivity index (χ1) is 13.5. The van der Waals surface area contributed by atoms with Crippen molar-refractivity contribution in [3.8, 4) is 5.75 Å². The van der Waals surface area contributed by atoms with Gasteiger partial charge in [0.15, 0.2) is 5.82 Å². The Balaban J connectivity index is 1.63. The number of aryl methyl sites for hydroxylation is 1. The normalized spacial score (nSPS) is 17.2. The first-order valence-corrected chi connectivity index (χ1v) is 10.6. The lowest BCUT2D eigenvalue weighted by atomic mass is 9.69. The van der Waals surface area contributed by atoms with Gasteiger partial charge in [0.2, 0.25) is 0 Å². The highest BCUT2D eigenvalue weighted by Crippen LogP contribution is 2.45. The van der Waals surface area contributed by atoms with E-state index in [0.29, 0.717) is 11.3 Å². The van der Waals surface area contributed by atoms with Gasteiger partial charge in [0.25, 0.3) is 0 Å². The second kappa shape index (κ2) is 7.51. The van der Waals surface area contributed by atoms with Crippen molar-refractivity contribution in [3.05, 3.63) is 46.6 Å². The quantitative estimate of drug-likeness (QED) is 0.450. The summed E-state index contributed by atoms with van der Waals surface area (Å²) >= 11 is 1.79. The molecule has 0 fully saturated rings. The smallest absolute Gasteiger partial charge is 0.158 e. The van der Waals surface area contributed by atoms with E-state index in [1.165, 1.54) is 23.3 Å². The Kier molecular flexibility index (Phi) is 5.06. The van der Waals surface area contributed by atoms with Crippen LogP contribution in [0, 0.1) is 11.3 Å². The molecule has 5 nitrogen and oxygen atoms in total. The summed E-state index contributed by atoms with van der Waals surface area (Å²) in [5, 5.41) is 14.9. The SMILES string of the molecule is CCC(C)(C)C1CCc2sc3ncnc(NN=Cc4ccc(O)cc4)c3c2C1. The molecule has 0 saturated carbocycles. The molecule has 1 aromatic carbocycles. The zero-order chi connectivity index (χ0) is 19.7. The summed E-state index contributed by atoms with van der Waals surface area (Å²) in [7, 11) is 0. The molecule has 28 heavy (non-hydrogen) atoms. The first-order valence-electron chi connectivity index (χ1n) is 9.81. The minimum absolute atomic E-state index is 0.247. The highest BCUT2D eigenvalue weighted by Gasteiger charge is 2.33. The van der Waals surface area contributed by atoms with E-state index >= 15 is 0 Å². The monoisotopic (exact) mass is 394 g/mol. The number of thiophene rings is 1. The minimum Gasteiger partial charge on any atom is -0.508 e. The van der Waals surface area contributed by atoms with E-state index in [0.717, 1.165) is 34.4 Å². The van der Waals surface area contributed by atoms with Crippen molar-refractivity contribution in [1.82, 2.24) is 9.97 Å². The minimum atomic E-state index is 0.247. The number of hydrazone groups is 1. The molecule has 3 aromatic rings. The lowest BCUT2D eigenvalue weighted by Crippen LogP contribution is -2.28. The standard InChI is InChI=1S/C22H26N4OS/c1-4-22(2,3)15-7-10-18-17(11-15)19-20(23-13-24-21(19)28-18)26-25-12-14-5-8-16(27)9-6-14/h5-6,8-9,12-13,15,27H,4,7,10-11H2,1-3H3,(H,23,24,26). The maximum absolute atomic E-state index is 9.39. The molecular formula is C22H26N4OS. The molecule has 1 unspecified atom stereocenters. The lowest BCUT2D eigenvalue weighted by Gasteiger charge is -2.36. The molecule has 1 aliphatic rings. The van der Waals surface area contributed by atoms with E-state index in [1.54, 1.807) is 36.0 Å². The molecular weight excluding hydrogens is 368 g/mol. The Morgan fingerprint density at radius 1 is 1.29 bits per heavy atom. The van der Waals surface area contributed by atoms with Crippen LogP contribution in [0.4, 0.5) is 5.82 Å². The molecule has 6 heteroatoms. The third-order valence-corrected chi connectivity index (χ3v) is 7.33. The van der Waals surface area contributed by atoms with Gasteiger partial charge in [-0.05, 0) is 66.0 Å². The van der Waals surface area contributed by atoms with E-state index in [2.05, 4.69) is 41.3 Å².